The summed E-state index contributed by atoms with van der Waals surface area (Å²) in [5.74, 6) is 0.352. The second-order valence-electron chi connectivity index (χ2n) is 4.82. The molecule has 1 aromatic rings. The van der Waals surface area contributed by atoms with Crippen LogP contribution in [0.2, 0.25) is 0 Å². The van der Waals surface area contributed by atoms with E-state index in [-0.39, 0.29) is 17.8 Å². The zero-order chi connectivity index (χ0) is 12.4. The minimum Gasteiger partial charge on any atom is -0.378 e. The molecule has 0 bridgehead atoms. The van der Waals surface area contributed by atoms with Crippen LogP contribution >= 0.6 is 0 Å². The normalized spacial score (nSPS) is 24.2. The third-order valence-corrected chi connectivity index (χ3v) is 3.40. The molecule has 17 heavy (non-hydrogen) atoms. The Kier molecular flexibility index (Phi) is 3.62. The zero-order valence-corrected chi connectivity index (χ0v) is 10.8. The van der Waals surface area contributed by atoms with E-state index in [9.17, 15) is 4.79 Å². The maximum atomic E-state index is 12.1. The van der Waals surface area contributed by atoms with Crippen molar-refractivity contribution in [1.29, 1.82) is 0 Å². The molecule has 94 valence electrons. The number of Topliss-reactive ketones (excluding diaryl/α,β-unsaturated/α-hetero) is 1. The van der Waals surface area contributed by atoms with Gasteiger partial charge in [-0.25, -0.2) is 0 Å². The Balaban J connectivity index is 2.00. The molecule has 1 aliphatic rings. The van der Waals surface area contributed by atoms with E-state index in [1.54, 1.807) is 0 Å². The van der Waals surface area contributed by atoms with Gasteiger partial charge < -0.3 is 4.74 Å². The summed E-state index contributed by atoms with van der Waals surface area (Å²) < 4.78 is 7.25. The standard InChI is InChI=1S/C13H20N2O2/c1-4-11-6-12(15(3)14-11)7-13(16)10-5-9(2)17-8-10/h6,9-10H,4-5,7-8H2,1-3H3. The molecule has 2 heterocycles. The molecule has 1 aromatic heterocycles. The van der Waals surface area contributed by atoms with Crippen LogP contribution in [0, 0.1) is 5.92 Å². The highest BCUT2D eigenvalue weighted by Gasteiger charge is 2.28. The molecular weight excluding hydrogens is 216 g/mol. The molecule has 1 aliphatic heterocycles. The second-order valence-corrected chi connectivity index (χ2v) is 4.82. The summed E-state index contributed by atoms with van der Waals surface area (Å²) in [6, 6.07) is 2.02. The van der Waals surface area contributed by atoms with E-state index in [2.05, 4.69) is 12.0 Å². The molecule has 2 unspecified atom stereocenters. The van der Waals surface area contributed by atoms with Crippen molar-refractivity contribution in [3.05, 3.63) is 17.5 Å². The molecule has 1 saturated heterocycles. The number of ether oxygens (including phenoxy) is 1. The number of carbonyl (C=O) groups excluding carboxylic acids is 1. The number of aryl methyl sites for hydroxylation is 2. The highest BCUT2D eigenvalue weighted by molar-refractivity contribution is 5.83. The molecule has 0 spiro atoms. The summed E-state index contributed by atoms with van der Waals surface area (Å²) in [6.45, 7) is 4.67. The van der Waals surface area contributed by atoms with Gasteiger partial charge in [0.05, 0.1) is 18.4 Å². The quantitative estimate of drug-likeness (QED) is 0.796. The summed E-state index contributed by atoms with van der Waals surface area (Å²) in [4.78, 5) is 12.1. The predicted octanol–water partition coefficient (Wildman–Crippen LogP) is 1.52. The lowest BCUT2D eigenvalue weighted by atomic mass is 9.97. The van der Waals surface area contributed by atoms with Crippen molar-refractivity contribution in [1.82, 2.24) is 9.78 Å². The summed E-state index contributed by atoms with van der Waals surface area (Å²) in [5, 5.41) is 4.36. The third kappa shape index (κ3) is 2.75. The van der Waals surface area contributed by atoms with Gasteiger partial charge in [-0.3, -0.25) is 9.48 Å². The Labute approximate surface area is 102 Å². The first-order chi connectivity index (χ1) is 8.10. The lowest BCUT2D eigenvalue weighted by Gasteiger charge is -2.06. The maximum absolute atomic E-state index is 12.1. The number of rotatable bonds is 4. The zero-order valence-electron chi connectivity index (χ0n) is 10.8. The van der Waals surface area contributed by atoms with Crippen LogP contribution in [0.25, 0.3) is 0 Å². The van der Waals surface area contributed by atoms with Gasteiger partial charge in [-0.2, -0.15) is 5.10 Å². The molecule has 0 amide bonds. The molecule has 0 radical (unpaired) electrons. The van der Waals surface area contributed by atoms with Crippen LogP contribution in [-0.4, -0.2) is 28.3 Å². The Morgan fingerprint density at radius 1 is 1.65 bits per heavy atom. The first-order valence-electron chi connectivity index (χ1n) is 6.26. The monoisotopic (exact) mass is 236 g/mol. The van der Waals surface area contributed by atoms with Crippen molar-refractivity contribution in [3.63, 3.8) is 0 Å². The first kappa shape index (κ1) is 12.3. The van der Waals surface area contributed by atoms with Crippen molar-refractivity contribution in [2.24, 2.45) is 13.0 Å². The highest BCUT2D eigenvalue weighted by Crippen LogP contribution is 2.21. The summed E-state index contributed by atoms with van der Waals surface area (Å²) >= 11 is 0. The van der Waals surface area contributed by atoms with E-state index in [4.69, 9.17) is 4.74 Å². The van der Waals surface area contributed by atoms with Gasteiger partial charge in [-0.1, -0.05) is 6.92 Å². The first-order valence-corrected chi connectivity index (χ1v) is 6.26. The topological polar surface area (TPSA) is 44.1 Å². The van der Waals surface area contributed by atoms with Crippen LogP contribution in [0.3, 0.4) is 0 Å². The van der Waals surface area contributed by atoms with Crippen LogP contribution < -0.4 is 0 Å². The van der Waals surface area contributed by atoms with Crippen LogP contribution in [0.15, 0.2) is 6.07 Å². The molecule has 4 nitrogen and oxygen atoms in total. The number of nitrogens with zero attached hydrogens (tertiary/aromatic N) is 2. The van der Waals surface area contributed by atoms with Crippen LogP contribution in [0.1, 0.15) is 31.7 Å². The Bertz CT molecular complexity index is 412. The van der Waals surface area contributed by atoms with E-state index in [0.717, 1.165) is 24.2 Å². The van der Waals surface area contributed by atoms with Crippen molar-refractivity contribution < 1.29 is 9.53 Å². The van der Waals surface area contributed by atoms with Crippen LogP contribution in [0.5, 0.6) is 0 Å². The van der Waals surface area contributed by atoms with Gasteiger partial charge in [0.2, 0.25) is 0 Å². The number of carbonyl (C=O) groups is 1. The molecule has 0 saturated carbocycles. The van der Waals surface area contributed by atoms with E-state index in [0.29, 0.717) is 13.0 Å². The van der Waals surface area contributed by atoms with Crippen LogP contribution in [0.4, 0.5) is 0 Å². The van der Waals surface area contributed by atoms with Crippen molar-refractivity contribution >= 4 is 5.78 Å². The summed E-state index contributed by atoms with van der Waals surface area (Å²) in [6.07, 6.45) is 2.47. The molecule has 0 N–H and O–H groups in total. The molecular formula is C13H20N2O2. The van der Waals surface area contributed by atoms with Gasteiger partial charge >= 0.3 is 0 Å². The number of hydrogen-bond donors (Lipinski definition) is 0. The lowest BCUT2D eigenvalue weighted by molar-refractivity contribution is -0.122. The predicted molar refractivity (Wildman–Crippen MR) is 64.8 cm³/mol. The van der Waals surface area contributed by atoms with Crippen LogP contribution in [-0.2, 0) is 29.4 Å². The Morgan fingerprint density at radius 3 is 2.94 bits per heavy atom. The molecule has 0 aliphatic carbocycles. The van der Waals surface area contributed by atoms with Gasteiger partial charge in [-0.15, -0.1) is 0 Å². The van der Waals surface area contributed by atoms with Gasteiger partial charge in [-0.05, 0) is 25.8 Å². The van der Waals surface area contributed by atoms with Gasteiger partial charge in [0.1, 0.15) is 5.78 Å². The lowest BCUT2D eigenvalue weighted by Crippen LogP contribution is -2.18. The SMILES string of the molecule is CCc1cc(CC(=O)C2COC(C)C2)n(C)n1. The number of aromatic nitrogens is 2. The smallest absolute Gasteiger partial charge is 0.144 e. The average molecular weight is 236 g/mol. The number of hydrogen-bond acceptors (Lipinski definition) is 3. The average Bonchev–Trinajstić information content (AvgIpc) is 2.86. The fourth-order valence-corrected chi connectivity index (χ4v) is 2.27. The minimum atomic E-state index is 0.0741. The van der Waals surface area contributed by atoms with Gasteiger partial charge in [0, 0.05) is 25.1 Å². The summed E-state index contributed by atoms with van der Waals surface area (Å²) in [7, 11) is 1.90. The second kappa shape index (κ2) is 5.00. The molecule has 0 aromatic carbocycles. The van der Waals surface area contributed by atoms with Crippen molar-refractivity contribution in [3.8, 4) is 0 Å². The molecule has 1 fully saturated rings. The molecule has 2 atom stereocenters. The highest BCUT2D eigenvalue weighted by atomic mass is 16.5. The Morgan fingerprint density at radius 2 is 2.41 bits per heavy atom. The van der Waals surface area contributed by atoms with E-state index >= 15 is 0 Å². The van der Waals surface area contributed by atoms with Crippen molar-refractivity contribution in [2.75, 3.05) is 6.61 Å². The molecule has 4 heteroatoms. The fourth-order valence-electron chi connectivity index (χ4n) is 2.27. The number of ketones is 1. The minimum absolute atomic E-state index is 0.0741. The largest absolute Gasteiger partial charge is 0.378 e. The maximum Gasteiger partial charge on any atom is 0.144 e. The van der Waals surface area contributed by atoms with Crippen molar-refractivity contribution in [2.45, 2.75) is 39.2 Å². The Hall–Kier alpha value is -1.16. The summed E-state index contributed by atoms with van der Waals surface area (Å²) in [5.41, 5.74) is 2.05. The van der Waals surface area contributed by atoms with Gasteiger partial charge in [0.25, 0.3) is 0 Å². The van der Waals surface area contributed by atoms with Gasteiger partial charge in [0.15, 0.2) is 0 Å². The third-order valence-electron chi connectivity index (χ3n) is 3.40. The van der Waals surface area contributed by atoms with E-state index in [1.165, 1.54) is 0 Å². The fraction of sp³-hybridized carbons (Fsp3) is 0.692. The molecule has 2 rings (SSSR count). The van der Waals surface area contributed by atoms with E-state index in [1.807, 2.05) is 24.7 Å². The van der Waals surface area contributed by atoms with E-state index < -0.39 is 0 Å².